The van der Waals surface area contributed by atoms with Crippen molar-refractivity contribution in [3.8, 4) is 0 Å². The summed E-state index contributed by atoms with van der Waals surface area (Å²) in [6.45, 7) is 2.73. The second kappa shape index (κ2) is 4.86. The van der Waals surface area contributed by atoms with Gasteiger partial charge in [0.15, 0.2) is 0 Å². The molecule has 1 aromatic carbocycles. The number of rotatable bonds is 3. The van der Waals surface area contributed by atoms with Crippen LogP contribution < -0.4 is 11.1 Å². The monoisotopic (exact) mass is 270 g/mol. The molecule has 1 atom stereocenters. The Kier molecular flexibility index (Phi) is 3.49. The van der Waals surface area contributed by atoms with Crippen molar-refractivity contribution in [3.63, 3.8) is 0 Å². The number of hydrogen-bond donors (Lipinski definition) is 2. The Balaban J connectivity index is 1.92. The first-order valence-corrected chi connectivity index (χ1v) is 5.91. The predicted molar refractivity (Wildman–Crippen MR) is 66.0 cm³/mol. The molecule has 0 spiro atoms. The smallest absolute Gasteiger partial charge is 0.0511 e. The van der Waals surface area contributed by atoms with Gasteiger partial charge in [0.05, 0.1) is 6.61 Å². The Hall–Kier alpha value is -0.740. The third-order valence-electron chi connectivity index (χ3n) is 2.60. The van der Waals surface area contributed by atoms with E-state index in [0.29, 0.717) is 5.92 Å². The van der Waals surface area contributed by atoms with Crippen LogP contribution in [0.5, 0.6) is 0 Å². The molecule has 3 N–H and O–H groups in total. The van der Waals surface area contributed by atoms with Gasteiger partial charge in [-0.15, -0.1) is 0 Å². The molecule has 2 rings (SSSR count). The lowest BCUT2D eigenvalue weighted by atomic mass is 10.1. The van der Waals surface area contributed by atoms with Crippen LogP contribution >= 0.6 is 15.9 Å². The van der Waals surface area contributed by atoms with Crippen LogP contribution in [-0.2, 0) is 4.74 Å². The number of halogens is 1. The van der Waals surface area contributed by atoms with Gasteiger partial charge >= 0.3 is 0 Å². The van der Waals surface area contributed by atoms with Crippen LogP contribution in [0.15, 0.2) is 22.7 Å². The van der Waals surface area contributed by atoms with Crippen molar-refractivity contribution in [1.29, 1.82) is 0 Å². The van der Waals surface area contributed by atoms with E-state index in [1.54, 1.807) is 0 Å². The Morgan fingerprint density at radius 1 is 1.53 bits per heavy atom. The zero-order valence-corrected chi connectivity index (χ0v) is 10.1. The zero-order chi connectivity index (χ0) is 10.7. The summed E-state index contributed by atoms with van der Waals surface area (Å²) in [6, 6.07) is 5.81. The minimum absolute atomic E-state index is 0.634. The fourth-order valence-electron chi connectivity index (χ4n) is 1.67. The van der Waals surface area contributed by atoms with E-state index in [4.69, 9.17) is 10.5 Å². The summed E-state index contributed by atoms with van der Waals surface area (Å²) in [7, 11) is 0. The largest absolute Gasteiger partial charge is 0.399 e. The van der Waals surface area contributed by atoms with Crippen LogP contribution in [-0.4, -0.2) is 19.8 Å². The van der Waals surface area contributed by atoms with Crippen molar-refractivity contribution < 1.29 is 4.74 Å². The molecular formula is C11H15BrN2O. The van der Waals surface area contributed by atoms with Crippen LogP contribution in [0, 0.1) is 5.92 Å². The molecule has 15 heavy (non-hydrogen) atoms. The number of benzene rings is 1. The van der Waals surface area contributed by atoms with E-state index in [1.807, 2.05) is 18.2 Å². The maximum Gasteiger partial charge on any atom is 0.0511 e. The fourth-order valence-corrected chi connectivity index (χ4v) is 2.21. The van der Waals surface area contributed by atoms with Crippen LogP contribution in [0.2, 0.25) is 0 Å². The Morgan fingerprint density at radius 2 is 2.40 bits per heavy atom. The topological polar surface area (TPSA) is 47.3 Å². The Bertz CT molecular complexity index is 337. The van der Waals surface area contributed by atoms with E-state index in [-0.39, 0.29) is 0 Å². The van der Waals surface area contributed by atoms with Gasteiger partial charge in [-0.3, -0.25) is 0 Å². The van der Waals surface area contributed by atoms with Crippen molar-refractivity contribution in [2.45, 2.75) is 6.42 Å². The molecule has 1 aliphatic rings. The molecule has 82 valence electrons. The van der Waals surface area contributed by atoms with E-state index in [9.17, 15) is 0 Å². The molecular weight excluding hydrogens is 256 g/mol. The molecule has 0 radical (unpaired) electrons. The summed E-state index contributed by atoms with van der Waals surface area (Å²) >= 11 is 3.48. The summed E-state index contributed by atoms with van der Waals surface area (Å²) in [6.07, 6.45) is 1.15. The van der Waals surface area contributed by atoms with Crippen molar-refractivity contribution in [1.82, 2.24) is 0 Å². The average Bonchev–Trinajstić information content (AvgIpc) is 2.69. The van der Waals surface area contributed by atoms with E-state index in [0.717, 1.165) is 42.0 Å². The average molecular weight is 271 g/mol. The number of hydrogen-bond acceptors (Lipinski definition) is 3. The Labute approximate surface area is 98.1 Å². The molecule has 1 unspecified atom stereocenters. The van der Waals surface area contributed by atoms with Crippen LogP contribution in [0.25, 0.3) is 0 Å². The van der Waals surface area contributed by atoms with E-state index in [2.05, 4.69) is 21.2 Å². The lowest BCUT2D eigenvalue weighted by molar-refractivity contribution is 0.187. The molecule has 0 aliphatic carbocycles. The van der Waals surface area contributed by atoms with Gasteiger partial charge in [0.2, 0.25) is 0 Å². The predicted octanol–water partition coefficient (Wildman–Crippen LogP) is 2.48. The normalized spacial score (nSPS) is 20.5. The first-order chi connectivity index (χ1) is 7.25. The zero-order valence-electron chi connectivity index (χ0n) is 8.50. The molecule has 1 fully saturated rings. The minimum atomic E-state index is 0.634. The van der Waals surface area contributed by atoms with Crippen LogP contribution in [0.1, 0.15) is 6.42 Å². The van der Waals surface area contributed by atoms with E-state index in [1.165, 1.54) is 0 Å². The molecule has 0 aromatic heterocycles. The van der Waals surface area contributed by atoms with Gasteiger partial charge in [0, 0.05) is 34.9 Å². The first-order valence-electron chi connectivity index (χ1n) is 5.12. The summed E-state index contributed by atoms with van der Waals surface area (Å²) in [4.78, 5) is 0. The summed E-state index contributed by atoms with van der Waals surface area (Å²) in [5.74, 6) is 0.634. The van der Waals surface area contributed by atoms with Crippen molar-refractivity contribution in [3.05, 3.63) is 22.7 Å². The molecule has 1 heterocycles. The van der Waals surface area contributed by atoms with Crippen molar-refractivity contribution in [2.75, 3.05) is 30.8 Å². The van der Waals surface area contributed by atoms with Crippen LogP contribution in [0.4, 0.5) is 11.4 Å². The second-order valence-electron chi connectivity index (χ2n) is 3.85. The first kappa shape index (κ1) is 10.8. The number of anilines is 2. The lowest BCUT2D eigenvalue weighted by Gasteiger charge is -2.12. The summed E-state index contributed by atoms with van der Waals surface area (Å²) < 4.78 is 6.34. The van der Waals surface area contributed by atoms with Gasteiger partial charge in [-0.25, -0.2) is 0 Å². The highest BCUT2D eigenvalue weighted by molar-refractivity contribution is 9.10. The molecule has 1 aromatic rings. The summed E-state index contributed by atoms with van der Waals surface area (Å²) in [5, 5.41) is 3.40. The summed E-state index contributed by atoms with van der Waals surface area (Å²) in [5.41, 5.74) is 7.54. The van der Waals surface area contributed by atoms with Gasteiger partial charge in [-0.05, 0) is 40.5 Å². The quantitative estimate of drug-likeness (QED) is 0.830. The SMILES string of the molecule is Nc1ccc(NCC2CCOC2)c(Br)c1. The molecule has 0 bridgehead atoms. The lowest BCUT2D eigenvalue weighted by Crippen LogP contribution is -2.14. The molecule has 1 saturated heterocycles. The van der Waals surface area contributed by atoms with Crippen LogP contribution in [0.3, 0.4) is 0 Å². The molecule has 0 saturated carbocycles. The molecule has 1 aliphatic heterocycles. The van der Waals surface area contributed by atoms with Crippen molar-refractivity contribution >= 4 is 27.3 Å². The fraction of sp³-hybridized carbons (Fsp3) is 0.455. The number of nitrogens with one attached hydrogen (secondary N) is 1. The highest BCUT2D eigenvalue weighted by atomic mass is 79.9. The Morgan fingerprint density at radius 3 is 3.07 bits per heavy atom. The second-order valence-corrected chi connectivity index (χ2v) is 4.70. The third-order valence-corrected chi connectivity index (χ3v) is 3.25. The number of nitrogen functional groups attached to an aromatic ring is 1. The number of nitrogens with two attached hydrogens (primary N) is 1. The molecule has 3 nitrogen and oxygen atoms in total. The molecule has 0 amide bonds. The van der Waals surface area contributed by atoms with Gasteiger partial charge in [0.25, 0.3) is 0 Å². The van der Waals surface area contributed by atoms with E-state index < -0.39 is 0 Å². The standard InChI is InChI=1S/C11H15BrN2O/c12-10-5-9(13)1-2-11(10)14-6-8-3-4-15-7-8/h1-2,5,8,14H,3-4,6-7,13H2. The van der Waals surface area contributed by atoms with Crippen molar-refractivity contribution in [2.24, 2.45) is 5.92 Å². The van der Waals surface area contributed by atoms with Gasteiger partial charge in [-0.1, -0.05) is 0 Å². The van der Waals surface area contributed by atoms with E-state index >= 15 is 0 Å². The maximum atomic E-state index is 5.67. The van der Waals surface area contributed by atoms with Gasteiger partial charge < -0.3 is 15.8 Å². The highest BCUT2D eigenvalue weighted by Crippen LogP contribution is 2.25. The maximum absolute atomic E-state index is 5.67. The third kappa shape index (κ3) is 2.86. The van der Waals surface area contributed by atoms with Gasteiger partial charge in [-0.2, -0.15) is 0 Å². The highest BCUT2D eigenvalue weighted by Gasteiger charge is 2.15. The minimum Gasteiger partial charge on any atom is -0.399 e. The molecule has 4 heteroatoms. The van der Waals surface area contributed by atoms with Gasteiger partial charge in [0.1, 0.15) is 0 Å². The number of ether oxygens (including phenoxy) is 1.